The molecule has 0 fully saturated rings. The largest absolute Gasteiger partial charge is 2.00 e. The van der Waals surface area contributed by atoms with E-state index in [1.54, 1.807) is 14.1 Å². The topological polar surface area (TPSA) is 101 Å². The fraction of sp³-hybridized carbons (Fsp3) is 0.667. The van der Waals surface area contributed by atoms with E-state index >= 15 is 0 Å². The maximum atomic E-state index is 9.43. The zero-order valence-corrected chi connectivity index (χ0v) is 8.41. The Morgan fingerprint density at radius 2 is 1.36 bits per heavy atom. The summed E-state index contributed by atoms with van der Waals surface area (Å²) >= 11 is 0. The number of hydrogen-bond donors (Lipinski definition) is 0. The van der Waals surface area contributed by atoms with E-state index in [1.165, 1.54) is 4.90 Å². The Labute approximate surface area is 81.3 Å². The van der Waals surface area contributed by atoms with E-state index in [2.05, 4.69) is 0 Å². The normalized spacial score (nSPS) is 8.36. The van der Waals surface area contributed by atoms with Crippen LogP contribution in [0.3, 0.4) is 0 Å². The van der Waals surface area contributed by atoms with E-state index in [1.807, 2.05) is 0 Å². The van der Waals surface area contributed by atoms with Crippen LogP contribution < -0.4 is 0 Å². The van der Waals surface area contributed by atoms with E-state index in [0.29, 0.717) is 0 Å². The van der Waals surface area contributed by atoms with Gasteiger partial charge in [0.15, 0.2) is 0 Å². The van der Waals surface area contributed by atoms with Crippen LogP contribution in [0.15, 0.2) is 0 Å². The number of nitrogens with zero attached hydrogens (tertiary/aromatic N) is 1. The molecule has 0 radical (unpaired) electrons. The number of amides is 1. The molecule has 0 spiro atoms. The molecule has 11 heavy (non-hydrogen) atoms. The van der Waals surface area contributed by atoms with Gasteiger partial charge in [0.05, 0.1) is 0 Å². The molecule has 0 aliphatic rings. The Kier molecular flexibility index (Phi) is 12.9. The predicted octanol–water partition coefficient (Wildman–Crippen LogP) is -2.01. The third kappa shape index (κ3) is 150. The number of carbonyl (C=O) groups is 1. The maximum absolute atomic E-state index is 9.43. The quantitative estimate of drug-likeness (QED) is 0.207. The average molecular weight is 193 g/mol. The van der Waals surface area contributed by atoms with Gasteiger partial charge in [-0.05, 0) is 0 Å². The molecule has 0 aromatic rings. The molecule has 0 rings (SSSR count). The second-order valence-electron chi connectivity index (χ2n) is 1.48. The molecule has 0 heterocycles. The van der Waals surface area contributed by atoms with Crippen LogP contribution in [0.4, 0.5) is 0 Å². The van der Waals surface area contributed by atoms with E-state index in [4.69, 9.17) is 17.5 Å². The molecular formula is C3H7MgNO5S. The van der Waals surface area contributed by atoms with E-state index in [-0.39, 0.29) is 23.1 Å². The summed E-state index contributed by atoms with van der Waals surface area (Å²) in [4.78, 5) is 10.9. The van der Waals surface area contributed by atoms with Crippen LogP contribution in [-0.4, -0.2) is 66.0 Å². The standard InChI is InChI=1S/C3H7NO.Mg.H2O4S/c1-4(2)3-5;;1-5(2,3)4/h3H,1-2H3;;(H2,1,2,3,4)/q;+2;/p-2. The minimum absolute atomic E-state index is 0. The third-order valence-corrected chi connectivity index (χ3v) is 0.211. The zero-order valence-electron chi connectivity index (χ0n) is 6.18. The molecule has 0 unspecified atom stereocenters. The van der Waals surface area contributed by atoms with Gasteiger partial charge in [0.25, 0.3) is 0 Å². The molecule has 8 heteroatoms. The summed E-state index contributed by atoms with van der Waals surface area (Å²) in [5.74, 6) is 0. The number of carbonyl (C=O) groups excluding carboxylic acids is 1. The Balaban J connectivity index is -0.000000107. The molecule has 0 N–H and O–H groups in total. The monoisotopic (exact) mass is 193 g/mol. The van der Waals surface area contributed by atoms with Gasteiger partial charge in [0.2, 0.25) is 6.41 Å². The average Bonchev–Trinajstić information content (AvgIpc) is 1.61. The molecule has 0 aliphatic carbocycles. The molecular weight excluding hydrogens is 186 g/mol. The van der Waals surface area contributed by atoms with Gasteiger partial charge < -0.3 is 14.0 Å². The fourth-order valence-corrected chi connectivity index (χ4v) is 0. The molecule has 0 bridgehead atoms. The van der Waals surface area contributed by atoms with Crippen LogP contribution in [0.25, 0.3) is 0 Å². The molecule has 0 aliphatic heterocycles. The van der Waals surface area contributed by atoms with Crippen molar-refractivity contribution in [2.45, 2.75) is 0 Å². The summed E-state index contributed by atoms with van der Waals surface area (Å²) in [6.45, 7) is 0. The fourth-order valence-electron chi connectivity index (χ4n) is 0. The van der Waals surface area contributed by atoms with Crippen LogP contribution in [0.2, 0.25) is 0 Å². The third-order valence-electron chi connectivity index (χ3n) is 0.211. The van der Waals surface area contributed by atoms with Gasteiger partial charge in [-0.1, -0.05) is 0 Å². The maximum Gasteiger partial charge on any atom is 2.00 e. The number of hydrogen-bond acceptors (Lipinski definition) is 5. The van der Waals surface area contributed by atoms with Crippen LogP contribution >= 0.6 is 0 Å². The molecule has 0 saturated carbocycles. The summed E-state index contributed by atoms with van der Waals surface area (Å²) in [6.07, 6.45) is 0.750. The van der Waals surface area contributed by atoms with Crippen molar-refractivity contribution in [3.05, 3.63) is 0 Å². The van der Waals surface area contributed by atoms with Crippen molar-refractivity contribution in [2.24, 2.45) is 0 Å². The Morgan fingerprint density at radius 1 is 1.27 bits per heavy atom. The van der Waals surface area contributed by atoms with Crippen molar-refractivity contribution in [3.63, 3.8) is 0 Å². The molecule has 0 aromatic carbocycles. The number of rotatable bonds is 1. The van der Waals surface area contributed by atoms with Gasteiger partial charge in [-0.3, -0.25) is 13.2 Å². The van der Waals surface area contributed by atoms with Crippen LogP contribution in [0, 0.1) is 0 Å². The summed E-state index contributed by atoms with van der Waals surface area (Å²) in [6, 6.07) is 0. The summed E-state index contributed by atoms with van der Waals surface area (Å²) in [7, 11) is -1.79. The molecule has 6 nitrogen and oxygen atoms in total. The first kappa shape index (κ1) is 17.3. The minimum Gasteiger partial charge on any atom is -0.759 e. The van der Waals surface area contributed by atoms with Gasteiger partial charge >= 0.3 is 23.1 Å². The zero-order chi connectivity index (χ0) is 8.78. The summed E-state index contributed by atoms with van der Waals surface area (Å²) in [5, 5.41) is 0. The van der Waals surface area contributed by atoms with Crippen molar-refractivity contribution < 1.29 is 22.3 Å². The van der Waals surface area contributed by atoms with Crippen LogP contribution in [-0.2, 0) is 15.2 Å². The van der Waals surface area contributed by atoms with Gasteiger partial charge in [-0.2, -0.15) is 0 Å². The van der Waals surface area contributed by atoms with Gasteiger partial charge in [0.1, 0.15) is 0 Å². The smallest absolute Gasteiger partial charge is 0.759 e. The molecule has 1 amide bonds. The van der Waals surface area contributed by atoms with Gasteiger partial charge in [-0.25, -0.2) is 0 Å². The SMILES string of the molecule is CN(C)C=O.O=S(=O)([O-])[O-].[Mg+2]. The van der Waals surface area contributed by atoms with E-state index in [9.17, 15) is 4.79 Å². The molecule has 0 atom stereocenters. The van der Waals surface area contributed by atoms with Crippen molar-refractivity contribution >= 4 is 39.9 Å². The van der Waals surface area contributed by atoms with Crippen molar-refractivity contribution in [1.82, 2.24) is 4.90 Å². The van der Waals surface area contributed by atoms with Gasteiger partial charge in [0, 0.05) is 24.5 Å². The first-order valence-corrected chi connectivity index (χ1v) is 3.39. The first-order chi connectivity index (χ1) is 4.27. The molecule has 62 valence electrons. The minimum atomic E-state index is -5.17. The first-order valence-electron chi connectivity index (χ1n) is 2.05. The van der Waals surface area contributed by atoms with Gasteiger partial charge in [-0.15, -0.1) is 0 Å². The van der Waals surface area contributed by atoms with Crippen molar-refractivity contribution in [3.8, 4) is 0 Å². The summed E-state index contributed by atoms with van der Waals surface area (Å²) in [5.41, 5.74) is 0. The van der Waals surface area contributed by atoms with Crippen LogP contribution in [0.1, 0.15) is 0 Å². The molecule has 0 saturated heterocycles. The predicted molar refractivity (Wildman–Crippen MR) is 36.0 cm³/mol. The van der Waals surface area contributed by atoms with Crippen molar-refractivity contribution in [1.29, 1.82) is 0 Å². The summed E-state index contributed by atoms with van der Waals surface area (Å²) < 4.78 is 34.1. The Bertz CT molecular complexity index is 168. The van der Waals surface area contributed by atoms with Crippen molar-refractivity contribution in [2.75, 3.05) is 14.1 Å². The van der Waals surface area contributed by atoms with Crippen LogP contribution in [0.5, 0.6) is 0 Å². The second kappa shape index (κ2) is 8.21. The van der Waals surface area contributed by atoms with E-state index < -0.39 is 10.4 Å². The van der Waals surface area contributed by atoms with E-state index in [0.717, 1.165) is 6.41 Å². The Morgan fingerprint density at radius 3 is 1.36 bits per heavy atom. The Hall–Kier alpha value is 0.106. The second-order valence-corrected chi connectivity index (χ2v) is 2.29. The molecule has 0 aromatic heterocycles.